The third-order valence-electron chi connectivity index (χ3n) is 4.65. The summed E-state index contributed by atoms with van der Waals surface area (Å²) in [6.45, 7) is 6.02. The molecule has 146 valence electrons. The van der Waals surface area contributed by atoms with Crippen LogP contribution in [-0.4, -0.2) is 37.6 Å². The van der Waals surface area contributed by atoms with E-state index < -0.39 is 0 Å². The van der Waals surface area contributed by atoms with Crippen molar-refractivity contribution >= 4 is 16.8 Å². The molecule has 0 fully saturated rings. The molecule has 0 bridgehead atoms. The molecule has 28 heavy (non-hydrogen) atoms. The molecule has 0 aliphatic heterocycles. The van der Waals surface area contributed by atoms with Gasteiger partial charge in [0, 0.05) is 29.2 Å². The summed E-state index contributed by atoms with van der Waals surface area (Å²) in [6.07, 6.45) is 4.57. The largest absolute Gasteiger partial charge is 0.490 e. The van der Waals surface area contributed by atoms with Crippen LogP contribution in [0.3, 0.4) is 0 Å². The van der Waals surface area contributed by atoms with Crippen LogP contribution in [-0.2, 0) is 17.8 Å². The first kappa shape index (κ1) is 19.7. The second kappa shape index (κ2) is 9.76. The minimum atomic E-state index is 0.0725. The quantitative estimate of drug-likeness (QED) is 0.473. The van der Waals surface area contributed by atoms with Crippen molar-refractivity contribution in [3.8, 4) is 5.75 Å². The number of hydrogen-bond donors (Lipinski definition) is 3. The average Bonchev–Trinajstić information content (AvgIpc) is 3.10. The third-order valence-corrected chi connectivity index (χ3v) is 4.65. The number of H-pyrrole nitrogens is 1. The SMILES string of the molecule is C=CCOc1ccc(C[NH+](C)CC(=O)NCCc2c[nH]c3ccccc23)cc1. The van der Waals surface area contributed by atoms with E-state index in [9.17, 15) is 4.79 Å². The molecule has 1 heterocycles. The number of fused-ring (bicyclic) bond motifs is 1. The van der Waals surface area contributed by atoms with E-state index in [-0.39, 0.29) is 5.91 Å². The lowest BCUT2D eigenvalue weighted by atomic mass is 10.1. The Hall–Kier alpha value is -3.05. The van der Waals surface area contributed by atoms with Gasteiger partial charge in [0.25, 0.3) is 5.91 Å². The van der Waals surface area contributed by atoms with Gasteiger partial charge in [0.2, 0.25) is 0 Å². The molecule has 0 aliphatic carbocycles. The molecule has 0 radical (unpaired) electrons. The van der Waals surface area contributed by atoms with Gasteiger partial charge < -0.3 is 19.9 Å². The van der Waals surface area contributed by atoms with E-state index in [4.69, 9.17) is 4.74 Å². The Morgan fingerprint density at radius 3 is 2.79 bits per heavy atom. The van der Waals surface area contributed by atoms with Crippen LogP contribution >= 0.6 is 0 Å². The van der Waals surface area contributed by atoms with Crippen molar-refractivity contribution in [2.75, 3.05) is 26.7 Å². The Morgan fingerprint density at radius 2 is 2.00 bits per heavy atom. The number of ether oxygens (including phenoxy) is 1. The summed E-state index contributed by atoms with van der Waals surface area (Å²) in [7, 11) is 2.03. The van der Waals surface area contributed by atoms with Gasteiger partial charge in [0.1, 0.15) is 18.9 Å². The predicted molar refractivity (Wildman–Crippen MR) is 113 cm³/mol. The smallest absolute Gasteiger partial charge is 0.275 e. The Bertz CT molecular complexity index is 915. The van der Waals surface area contributed by atoms with Gasteiger partial charge in [-0.2, -0.15) is 0 Å². The van der Waals surface area contributed by atoms with Crippen molar-refractivity contribution in [2.24, 2.45) is 0 Å². The van der Waals surface area contributed by atoms with Gasteiger partial charge in [0.05, 0.1) is 7.05 Å². The topological polar surface area (TPSA) is 58.6 Å². The van der Waals surface area contributed by atoms with E-state index >= 15 is 0 Å². The molecule has 5 nitrogen and oxygen atoms in total. The van der Waals surface area contributed by atoms with Crippen molar-refractivity contribution < 1.29 is 14.4 Å². The fraction of sp³-hybridized carbons (Fsp3) is 0.261. The first-order valence-corrected chi connectivity index (χ1v) is 9.61. The zero-order valence-corrected chi connectivity index (χ0v) is 16.3. The zero-order valence-electron chi connectivity index (χ0n) is 16.3. The summed E-state index contributed by atoms with van der Waals surface area (Å²) >= 11 is 0. The fourth-order valence-corrected chi connectivity index (χ4v) is 3.28. The van der Waals surface area contributed by atoms with Gasteiger partial charge in [-0.05, 0) is 42.3 Å². The standard InChI is InChI=1S/C23H27N3O2/c1-3-14-28-20-10-8-18(9-11-20)16-26(2)17-23(27)24-13-12-19-15-25-22-7-5-4-6-21(19)22/h3-11,15,25H,1,12-14,16-17H2,2H3,(H,24,27)/p+1. The van der Waals surface area contributed by atoms with Gasteiger partial charge in [-0.15, -0.1) is 0 Å². The molecule has 1 aromatic heterocycles. The summed E-state index contributed by atoms with van der Waals surface area (Å²) < 4.78 is 5.49. The monoisotopic (exact) mass is 378 g/mol. The number of quaternary nitrogens is 1. The molecule has 3 aromatic rings. The van der Waals surface area contributed by atoms with Crippen LogP contribution in [0.2, 0.25) is 0 Å². The van der Waals surface area contributed by atoms with Crippen molar-refractivity contribution in [2.45, 2.75) is 13.0 Å². The molecule has 2 aromatic carbocycles. The van der Waals surface area contributed by atoms with E-state index in [1.807, 2.05) is 49.6 Å². The normalized spacial score (nSPS) is 11.9. The van der Waals surface area contributed by atoms with Crippen LogP contribution in [0, 0.1) is 0 Å². The highest BCUT2D eigenvalue weighted by Crippen LogP contribution is 2.17. The number of rotatable bonds is 10. The van der Waals surface area contributed by atoms with Crippen LogP contribution in [0.1, 0.15) is 11.1 Å². The maximum atomic E-state index is 12.2. The number of likely N-dealkylation sites (N-methyl/N-ethyl adjacent to an activating group) is 1. The van der Waals surface area contributed by atoms with E-state index in [1.165, 1.54) is 16.5 Å². The fourth-order valence-electron chi connectivity index (χ4n) is 3.28. The van der Waals surface area contributed by atoms with E-state index in [1.54, 1.807) is 6.08 Å². The predicted octanol–water partition coefficient (Wildman–Crippen LogP) is 2.11. The summed E-state index contributed by atoms with van der Waals surface area (Å²) in [4.78, 5) is 16.7. The van der Waals surface area contributed by atoms with Crippen LogP contribution < -0.4 is 15.0 Å². The molecule has 0 saturated carbocycles. The highest BCUT2D eigenvalue weighted by Gasteiger charge is 2.11. The van der Waals surface area contributed by atoms with Gasteiger partial charge in [0.15, 0.2) is 6.54 Å². The molecule has 1 amide bonds. The van der Waals surface area contributed by atoms with Crippen molar-refractivity contribution in [1.82, 2.24) is 10.3 Å². The van der Waals surface area contributed by atoms with E-state index in [0.29, 0.717) is 19.7 Å². The highest BCUT2D eigenvalue weighted by molar-refractivity contribution is 5.83. The van der Waals surface area contributed by atoms with Crippen LogP contribution in [0.25, 0.3) is 10.9 Å². The Labute approximate surface area is 166 Å². The number of para-hydroxylation sites is 1. The Balaban J connectivity index is 1.41. The van der Waals surface area contributed by atoms with Crippen molar-refractivity contribution in [3.05, 3.63) is 78.5 Å². The third kappa shape index (κ3) is 5.47. The highest BCUT2D eigenvalue weighted by atomic mass is 16.5. The average molecular weight is 378 g/mol. The molecule has 1 unspecified atom stereocenters. The molecule has 0 saturated heterocycles. The Kier molecular flexibility index (Phi) is 6.87. The van der Waals surface area contributed by atoms with Gasteiger partial charge >= 0.3 is 0 Å². The number of nitrogens with one attached hydrogen (secondary N) is 3. The summed E-state index contributed by atoms with van der Waals surface area (Å²) in [5.74, 6) is 0.902. The number of aromatic amines is 1. The molecule has 5 heteroatoms. The second-order valence-electron chi connectivity index (χ2n) is 7.01. The molecule has 0 spiro atoms. The number of carbonyl (C=O) groups is 1. The number of hydrogen-bond acceptors (Lipinski definition) is 2. The molecule has 1 atom stereocenters. The van der Waals surface area contributed by atoms with Gasteiger partial charge in [-0.3, -0.25) is 4.79 Å². The molecule has 3 rings (SSSR count). The van der Waals surface area contributed by atoms with Crippen LogP contribution in [0.15, 0.2) is 67.4 Å². The second-order valence-corrected chi connectivity index (χ2v) is 7.01. The summed E-state index contributed by atoms with van der Waals surface area (Å²) in [5.41, 5.74) is 3.54. The number of carbonyl (C=O) groups excluding carboxylic acids is 1. The maximum Gasteiger partial charge on any atom is 0.275 e. The maximum absolute atomic E-state index is 12.2. The number of amides is 1. The van der Waals surface area contributed by atoms with E-state index in [2.05, 4.69) is 29.0 Å². The summed E-state index contributed by atoms with van der Waals surface area (Å²) in [6, 6.07) is 16.2. The van der Waals surface area contributed by atoms with E-state index in [0.717, 1.165) is 29.1 Å². The number of aromatic nitrogens is 1. The molecular formula is C23H28N3O2+. The summed E-state index contributed by atoms with van der Waals surface area (Å²) in [5, 5.41) is 4.25. The van der Waals surface area contributed by atoms with Crippen LogP contribution in [0.5, 0.6) is 5.75 Å². The minimum absolute atomic E-state index is 0.0725. The molecule has 0 aliphatic rings. The van der Waals surface area contributed by atoms with Gasteiger partial charge in [-0.25, -0.2) is 0 Å². The lowest BCUT2D eigenvalue weighted by molar-refractivity contribution is -0.885. The van der Waals surface area contributed by atoms with Gasteiger partial charge in [-0.1, -0.05) is 30.9 Å². The Morgan fingerprint density at radius 1 is 1.21 bits per heavy atom. The first-order valence-electron chi connectivity index (χ1n) is 9.61. The number of benzene rings is 2. The minimum Gasteiger partial charge on any atom is -0.490 e. The lowest BCUT2D eigenvalue weighted by Gasteiger charge is -2.14. The first-order chi connectivity index (χ1) is 13.7. The molecule has 3 N–H and O–H groups in total. The molecular weight excluding hydrogens is 350 g/mol. The lowest BCUT2D eigenvalue weighted by Crippen LogP contribution is -3.08. The zero-order chi connectivity index (χ0) is 19.8. The van der Waals surface area contributed by atoms with Crippen molar-refractivity contribution in [3.63, 3.8) is 0 Å². The van der Waals surface area contributed by atoms with Crippen molar-refractivity contribution in [1.29, 1.82) is 0 Å². The van der Waals surface area contributed by atoms with Crippen LogP contribution in [0.4, 0.5) is 0 Å².